The topological polar surface area (TPSA) is 50.8 Å². The molecule has 0 aliphatic rings. The SMILES string of the molecule is c1ccc(N=Nc2c(-c3ccccc3)noc2-c2ccccc2)cc1. The molecule has 0 bridgehead atoms. The van der Waals surface area contributed by atoms with Crippen LogP contribution in [0.15, 0.2) is 106 Å². The van der Waals surface area contributed by atoms with Gasteiger partial charge in [-0.15, -0.1) is 5.11 Å². The summed E-state index contributed by atoms with van der Waals surface area (Å²) in [6, 6.07) is 29.3. The van der Waals surface area contributed by atoms with E-state index >= 15 is 0 Å². The molecule has 120 valence electrons. The third kappa shape index (κ3) is 3.23. The Bertz CT molecular complexity index is 921. The van der Waals surface area contributed by atoms with Crippen molar-refractivity contribution in [3.63, 3.8) is 0 Å². The van der Waals surface area contributed by atoms with Crippen LogP contribution in [0.2, 0.25) is 0 Å². The smallest absolute Gasteiger partial charge is 0.195 e. The lowest BCUT2D eigenvalue weighted by molar-refractivity contribution is 0.435. The van der Waals surface area contributed by atoms with Crippen molar-refractivity contribution in [2.75, 3.05) is 0 Å². The fraction of sp³-hybridized carbons (Fsp3) is 0. The minimum Gasteiger partial charge on any atom is -0.353 e. The van der Waals surface area contributed by atoms with Crippen molar-refractivity contribution in [3.05, 3.63) is 91.0 Å². The number of rotatable bonds is 4. The molecule has 3 aromatic carbocycles. The maximum Gasteiger partial charge on any atom is 0.195 e. The monoisotopic (exact) mass is 325 g/mol. The van der Waals surface area contributed by atoms with Crippen LogP contribution in [-0.4, -0.2) is 5.16 Å². The van der Waals surface area contributed by atoms with Crippen LogP contribution in [0.1, 0.15) is 0 Å². The lowest BCUT2D eigenvalue weighted by Gasteiger charge is -1.99. The van der Waals surface area contributed by atoms with Crippen LogP contribution in [-0.2, 0) is 0 Å². The molecule has 4 aromatic rings. The molecule has 0 saturated heterocycles. The zero-order valence-electron chi connectivity index (χ0n) is 13.4. The molecule has 0 radical (unpaired) electrons. The molecule has 0 aliphatic carbocycles. The minimum atomic E-state index is 0.610. The molecule has 0 aliphatic heterocycles. The summed E-state index contributed by atoms with van der Waals surface area (Å²) in [7, 11) is 0. The van der Waals surface area contributed by atoms with Gasteiger partial charge in [0.1, 0.15) is 5.69 Å². The Labute approximate surface area is 145 Å². The maximum absolute atomic E-state index is 5.62. The summed E-state index contributed by atoms with van der Waals surface area (Å²) in [4.78, 5) is 0. The second-order valence-electron chi connectivity index (χ2n) is 5.48. The quantitative estimate of drug-likeness (QED) is 0.406. The second-order valence-corrected chi connectivity index (χ2v) is 5.48. The van der Waals surface area contributed by atoms with Crippen molar-refractivity contribution in [1.29, 1.82) is 0 Å². The van der Waals surface area contributed by atoms with Crippen molar-refractivity contribution in [2.24, 2.45) is 10.2 Å². The van der Waals surface area contributed by atoms with Crippen LogP contribution in [0.3, 0.4) is 0 Å². The average Bonchev–Trinajstić information content (AvgIpc) is 3.12. The number of nitrogens with zero attached hydrogens (tertiary/aromatic N) is 3. The number of azo groups is 1. The number of aromatic nitrogens is 1. The fourth-order valence-electron chi connectivity index (χ4n) is 2.54. The Kier molecular flexibility index (Phi) is 4.16. The Balaban J connectivity index is 1.84. The zero-order chi connectivity index (χ0) is 16.9. The fourth-order valence-corrected chi connectivity index (χ4v) is 2.54. The summed E-state index contributed by atoms with van der Waals surface area (Å²) in [6.07, 6.45) is 0. The molecule has 1 aromatic heterocycles. The Morgan fingerprint density at radius 1 is 0.600 bits per heavy atom. The predicted molar refractivity (Wildman–Crippen MR) is 98.0 cm³/mol. The van der Waals surface area contributed by atoms with E-state index in [-0.39, 0.29) is 0 Å². The van der Waals surface area contributed by atoms with Gasteiger partial charge >= 0.3 is 0 Å². The summed E-state index contributed by atoms with van der Waals surface area (Å²) in [5.74, 6) is 0.610. The first kappa shape index (κ1) is 15.0. The molecule has 4 heteroatoms. The molecule has 0 spiro atoms. The Morgan fingerprint density at radius 3 is 1.80 bits per heavy atom. The van der Waals surface area contributed by atoms with Crippen LogP contribution in [0.4, 0.5) is 11.4 Å². The molecule has 0 N–H and O–H groups in total. The van der Waals surface area contributed by atoms with E-state index in [4.69, 9.17) is 4.52 Å². The van der Waals surface area contributed by atoms with E-state index in [0.717, 1.165) is 16.8 Å². The van der Waals surface area contributed by atoms with Gasteiger partial charge in [-0.1, -0.05) is 84.0 Å². The van der Waals surface area contributed by atoms with E-state index in [1.54, 1.807) is 0 Å². The van der Waals surface area contributed by atoms with Gasteiger partial charge in [0.25, 0.3) is 0 Å². The standard InChI is InChI=1S/C21H15N3O/c1-4-10-16(11-5-1)19-20(23-22-18-14-8-3-9-15-18)21(25-24-19)17-12-6-2-7-13-17/h1-15H. The molecule has 0 atom stereocenters. The molecule has 0 amide bonds. The number of hydrogen-bond acceptors (Lipinski definition) is 4. The van der Waals surface area contributed by atoms with Gasteiger partial charge in [0.2, 0.25) is 0 Å². The summed E-state index contributed by atoms with van der Waals surface area (Å²) in [5.41, 5.74) is 3.94. The molecule has 4 nitrogen and oxygen atoms in total. The van der Waals surface area contributed by atoms with Gasteiger partial charge in [0.15, 0.2) is 11.4 Å². The number of benzene rings is 3. The highest BCUT2D eigenvalue weighted by Crippen LogP contribution is 2.39. The van der Waals surface area contributed by atoms with Crippen molar-refractivity contribution in [2.45, 2.75) is 0 Å². The zero-order valence-corrected chi connectivity index (χ0v) is 13.4. The highest BCUT2D eigenvalue weighted by Gasteiger charge is 2.19. The van der Waals surface area contributed by atoms with Crippen molar-refractivity contribution < 1.29 is 4.52 Å². The third-order valence-electron chi connectivity index (χ3n) is 3.77. The summed E-state index contributed by atoms with van der Waals surface area (Å²) in [6.45, 7) is 0. The summed E-state index contributed by atoms with van der Waals surface area (Å²) in [5, 5.41) is 13.1. The first-order chi connectivity index (χ1) is 12.4. The predicted octanol–water partition coefficient (Wildman–Crippen LogP) is 6.42. The van der Waals surface area contributed by atoms with Gasteiger partial charge in [-0.05, 0) is 12.1 Å². The molecule has 0 fully saturated rings. The van der Waals surface area contributed by atoms with Gasteiger partial charge in [-0.25, -0.2) is 0 Å². The second kappa shape index (κ2) is 6.93. The summed E-state index contributed by atoms with van der Waals surface area (Å²) < 4.78 is 5.62. The van der Waals surface area contributed by atoms with Gasteiger partial charge < -0.3 is 4.52 Å². The van der Waals surface area contributed by atoms with E-state index in [1.165, 1.54) is 0 Å². The van der Waals surface area contributed by atoms with Crippen molar-refractivity contribution in [3.8, 4) is 22.6 Å². The third-order valence-corrected chi connectivity index (χ3v) is 3.77. The molecule has 0 unspecified atom stereocenters. The first-order valence-corrected chi connectivity index (χ1v) is 7.99. The molecule has 25 heavy (non-hydrogen) atoms. The molecule has 1 heterocycles. The van der Waals surface area contributed by atoms with E-state index in [1.807, 2.05) is 91.0 Å². The van der Waals surface area contributed by atoms with Gasteiger partial charge in [0, 0.05) is 11.1 Å². The van der Waals surface area contributed by atoms with E-state index in [2.05, 4.69) is 15.4 Å². The maximum atomic E-state index is 5.62. The van der Waals surface area contributed by atoms with E-state index in [0.29, 0.717) is 17.1 Å². The summed E-state index contributed by atoms with van der Waals surface area (Å²) >= 11 is 0. The first-order valence-electron chi connectivity index (χ1n) is 7.99. The Morgan fingerprint density at radius 2 is 1.16 bits per heavy atom. The molecule has 0 saturated carbocycles. The largest absolute Gasteiger partial charge is 0.353 e. The Hall–Kier alpha value is -3.53. The molecular formula is C21H15N3O. The van der Waals surface area contributed by atoms with Crippen LogP contribution < -0.4 is 0 Å². The van der Waals surface area contributed by atoms with Crippen LogP contribution >= 0.6 is 0 Å². The highest BCUT2D eigenvalue weighted by molar-refractivity contribution is 5.82. The average molecular weight is 325 g/mol. The lowest BCUT2D eigenvalue weighted by atomic mass is 10.1. The van der Waals surface area contributed by atoms with Gasteiger partial charge in [-0.2, -0.15) is 5.11 Å². The van der Waals surface area contributed by atoms with Crippen LogP contribution in [0, 0.1) is 0 Å². The van der Waals surface area contributed by atoms with Crippen molar-refractivity contribution >= 4 is 11.4 Å². The molecule has 4 rings (SSSR count). The minimum absolute atomic E-state index is 0.610. The van der Waals surface area contributed by atoms with Crippen LogP contribution in [0.5, 0.6) is 0 Å². The van der Waals surface area contributed by atoms with Gasteiger partial charge in [0.05, 0.1) is 5.69 Å². The number of hydrogen-bond donors (Lipinski definition) is 0. The normalized spacial score (nSPS) is 11.0. The van der Waals surface area contributed by atoms with E-state index in [9.17, 15) is 0 Å². The van der Waals surface area contributed by atoms with Crippen molar-refractivity contribution in [1.82, 2.24) is 5.16 Å². The lowest BCUT2D eigenvalue weighted by Crippen LogP contribution is -1.77. The van der Waals surface area contributed by atoms with Crippen LogP contribution in [0.25, 0.3) is 22.6 Å². The highest BCUT2D eigenvalue weighted by atomic mass is 16.5. The van der Waals surface area contributed by atoms with Gasteiger partial charge in [-0.3, -0.25) is 0 Å². The van der Waals surface area contributed by atoms with E-state index < -0.39 is 0 Å². The molecular weight excluding hydrogens is 310 g/mol.